The minimum absolute atomic E-state index is 0.160. The fourth-order valence-corrected chi connectivity index (χ4v) is 5.05. The van der Waals surface area contributed by atoms with Crippen LogP contribution >= 0.6 is 0 Å². The molecular weight excluding hydrogens is 407 g/mol. The Labute approximate surface area is 189 Å². The molecule has 32 heavy (non-hydrogen) atoms. The fraction of sp³-hybridized carbons (Fsp3) is 0.500. The van der Waals surface area contributed by atoms with E-state index in [4.69, 9.17) is 21.9 Å². The van der Waals surface area contributed by atoms with Crippen molar-refractivity contribution >= 4 is 5.69 Å². The van der Waals surface area contributed by atoms with Crippen molar-refractivity contribution in [1.82, 2.24) is 9.80 Å². The predicted molar refractivity (Wildman–Crippen MR) is 125 cm³/mol. The normalized spacial score (nSPS) is 26.2. The summed E-state index contributed by atoms with van der Waals surface area (Å²) in [4.78, 5) is 5.84. The molecule has 0 amide bonds. The fourth-order valence-electron chi connectivity index (χ4n) is 5.05. The summed E-state index contributed by atoms with van der Waals surface area (Å²) < 4.78 is 20.6. The van der Waals surface area contributed by atoms with Crippen LogP contribution in [0.3, 0.4) is 0 Å². The standard InChI is InChI=1S/C24H35FN6O/c1-32-20-15-9-14-19(21(20)25)31-23(27)29(16-17-10-5-4-6-11-17)22(26)30(24(31)28)18-12-7-2-3-8-13-18/h4-6,9-11,14-15,18,22-24H,2-3,7-8,12-13,16,26-28H2,1H3. The zero-order valence-electron chi connectivity index (χ0n) is 18.7. The SMILES string of the molecule is COc1cccc(N2C(N)N(Cc3ccccc3)C(N)N(C3CCCCCC3)C2N)c1F. The second-order valence-electron chi connectivity index (χ2n) is 8.69. The van der Waals surface area contributed by atoms with Crippen molar-refractivity contribution in [2.45, 2.75) is 70.0 Å². The molecule has 2 aliphatic rings. The molecule has 0 bridgehead atoms. The number of rotatable bonds is 5. The van der Waals surface area contributed by atoms with E-state index in [-0.39, 0.29) is 11.8 Å². The first kappa shape index (κ1) is 22.9. The van der Waals surface area contributed by atoms with Gasteiger partial charge in [-0.3, -0.25) is 11.5 Å². The number of methoxy groups -OCH3 is 1. The number of hydrogen-bond acceptors (Lipinski definition) is 7. The molecule has 3 atom stereocenters. The van der Waals surface area contributed by atoms with Crippen LogP contribution in [0.15, 0.2) is 48.5 Å². The van der Waals surface area contributed by atoms with E-state index in [1.165, 1.54) is 20.0 Å². The van der Waals surface area contributed by atoms with Crippen LogP contribution in [0.4, 0.5) is 10.1 Å². The lowest BCUT2D eigenvalue weighted by atomic mass is 10.1. The molecule has 1 saturated heterocycles. The van der Waals surface area contributed by atoms with Gasteiger partial charge >= 0.3 is 0 Å². The molecule has 2 aromatic rings. The summed E-state index contributed by atoms with van der Waals surface area (Å²) in [5.41, 5.74) is 21.7. The average molecular weight is 443 g/mol. The van der Waals surface area contributed by atoms with Crippen LogP contribution < -0.4 is 26.8 Å². The van der Waals surface area contributed by atoms with Gasteiger partial charge < -0.3 is 15.4 Å². The number of ether oxygens (including phenoxy) is 1. The topological polar surface area (TPSA) is 97.0 Å². The van der Waals surface area contributed by atoms with Crippen molar-refractivity contribution in [2.24, 2.45) is 17.2 Å². The van der Waals surface area contributed by atoms with Gasteiger partial charge in [-0.1, -0.05) is 62.1 Å². The summed E-state index contributed by atoms with van der Waals surface area (Å²) in [5, 5.41) is 0. The Morgan fingerprint density at radius 3 is 2.22 bits per heavy atom. The quantitative estimate of drug-likeness (QED) is 0.613. The monoisotopic (exact) mass is 442 g/mol. The van der Waals surface area contributed by atoms with Crippen molar-refractivity contribution in [1.29, 1.82) is 0 Å². The average Bonchev–Trinajstić information content (AvgIpc) is 3.08. The summed E-state index contributed by atoms with van der Waals surface area (Å²) >= 11 is 0. The van der Waals surface area contributed by atoms with Crippen molar-refractivity contribution in [3.05, 3.63) is 59.9 Å². The second kappa shape index (κ2) is 10.1. The molecule has 1 aliphatic heterocycles. The van der Waals surface area contributed by atoms with E-state index in [0.717, 1.165) is 31.2 Å². The molecule has 174 valence electrons. The van der Waals surface area contributed by atoms with Gasteiger partial charge in [0, 0.05) is 12.6 Å². The molecule has 0 aromatic heterocycles. The van der Waals surface area contributed by atoms with Crippen molar-refractivity contribution < 1.29 is 9.13 Å². The molecule has 2 fully saturated rings. The number of benzene rings is 2. The minimum Gasteiger partial charge on any atom is -0.494 e. The molecule has 0 radical (unpaired) electrons. The zero-order chi connectivity index (χ0) is 22.7. The molecule has 3 unspecified atom stereocenters. The maximum absolute atomic E-state index is 15.3. The molecule has 0 spiro atoms. The van der Waals surface area contributed by atoms with E-state index < -0.39 is 24.7 Å². The van der Waals surface area contributed by atoms with Crippen molar-refractivity contribution in [3.63, 3.8) is 0 Å². The van der Waals surface area contributed by atoms with Gasteiger partial charge in [-0.2, -0.15) is 0 Å². The number of nitrogens with two attached hydrogens (primary N) is 3. The molecule has 1 aliphatic carbocycles. The van der Waals surface area contributed by atoms with Gasteiger partial charge in [0.2, 0.25) is 0 Å². The van der Waals surface area contributed by atoms with Crippen molar-refractivity contribution in [3.8, 4) is 5.75 Å². The molecule has 6 N–H and O–H groups in total. The summed E-state index contributed by atoms with van der Waals surface area (Å²) in [6, 6.07) is 15.3. The Kier molecular flexibility index (Phi) is 7.27. The molecule has 8 heteroatoms. The lowest BCUT2D eigenvalue weighted by Crippen LogP contribution is -2.79. The molecular formula is C24H35FN6O. The summed E-state index contributed by atoms with van der Waals surface area (Å²) in [5.74, 6) is -0.316. The van der Waals surface area contributed by atoms with Crippen LogP contribution in [0.5, 0.6) is 5.75 Å². The smallest absolute Gasteiger partial charge is 0.188 e. The highest BCUT2D eigenvalue weighted by atomic mass is 19.1. The summed E-state index contributed by atoms with van der Waals surface area (Å²) in [7, 11) is 1.45. The van der Waals surface area contributed by atoms with E-state index in [0.29, 0.717) is 12.2 Å². The molecule has 4 rings (SSSR count). The van der Waals surface area contributed by atoms with Crippen LogP contribution in [0.25, 0.3) is 0 Å². The van der Waals surface area contributed by atoms with Crippen LogP contribution in [0, 0.1) is 5.82 Å². The number of nitrogens with zero attached hydrogens (tertiary/aromatic N) is 3. The Morgan fingerprint density at radius 1 is 0.875 bits per heavy atom. The highest BCUT2D eigenvalue weighted by molar-refractivity contribution is 5.54. The number of anilines is 1. The predicted octanol–water partition coefficient (Wildman–Crippen LogP) is 2.91. The third-order valence-corrected chi connectivity index (χ3v) is 6.76. The Morgan fingerprint density at radius 2 is 1.56 bits per heavy atom. The van der Waals surface area contributed by atoms with Gasteiger partial charge in [0.25, 0.3) is 0 Å². The number of hydrogen-bond donors (Lipinski definition) is 3. The summed E-state index contributed by atoms with van der Waals surface area (Å²) in [6.45, 7) is 0.529. The molecule has 2 aromatic carbocycles. The number of halogens is 1. The third-order valence-electron chi connectivity index (χ3n) is 6.76. The van der Waals surface area contributed by atoms with E-state index in [9.17, 15) is 0 Å². The van der Waals surface area contributed by atoms with Crippen LogP contribution in [-0.2, 0) is 6.54 Å². The van der Waals surface area contributed by atoms with Gasteiger partial charge in [0.1, 0.15) is 18.9 Å². The second-order valence-corrected chi connectivity index (χ2v) is 8.69. The maximum atomic E-state index is 15.3. The van der Waals surface area contributed by atoms with Gasteiger partial charge in [0.15, 0.2) is 11.6 Å². The molecule has 1 heterocycles. The lowest BCUT2D eigenvalue weighted by Gasteiger charge is -2.57. The van der Waals surface area contributed by atoms with Gasteiger partial charge in [-0.05, 0) is 30.5 Å². The van der Waals surface area contributed by atoms with Crippen LogP contribution in [0.1, 0.15) is 44.1 Å². The Bertz CT molecular complexity index is 876. The van der Waals surface area contributed by atoms with Crippen LogP contribution in [-0.4, -0.2) is 41.8 Å². The van der Waals surface area contributed by atoms with E-state index in [2.05, 4.69) is 4.90 Å². The minimum atomic E-state index is -0.705. The van der Waals surface area contributed by atoms with E-state index in [1.54, 1.807) is 23.1 Å². The first-order valence-corrected chi connectivity index (χ1v) is 11.5. The lowest BCUT2D eigenvalue weighted by molar-refractivity contribution is -0.0899. The highest BCUT2D eigenvalue weighted by Crippen LogP contribution is 2.35. The summed E-state index contributed by atoms with van der Waals surface area (Å²) in [6.07, 6.45) is 4.91. The first-order valence-electron chi connectivity index (χ1n) is 11.5. The van der Waals surface area contributed by atoms with E-state index in [1.807, 2.05) is 35.2 Å². The van der Waals surface area contributed by atoms with Gasteiger partial charge in [0.05, 0.1) is 12.8 Å². The van der Waals surface area contributed by atoms with Gasteiger partial charge in [-0.25, -0.2) is 14.2 Å². The largest absolute Gasteiger partial charge is 0.494 e. The van der Waals surface area contributed by atoms with Gasteiger partial charge in [-0.15, -0.1) is 0 Å². The molecule has 7 nitrogen and oxygen atoms in total. The highest BCUT2D eigenvalue weighted by Gasteiger charge is 2.45. The maximum Gasteiger partial charge on any atom is 0.188 e. The van der Waals surface area contributed by atoms with Crippen molar-refractivity contribution in [2.75, 3.05) is 12.0 Å². The third kappa shape index (κ3) is 4.46. The van der Waals surface area contributed by atoms with Crippen LogP contribution in [0.2, 0.25) is 0 Å². The molecule has 1 saturated carbocycles. The van der Waals surface area contributed by atoms with E-state index >= 15 is 4.39 Å². The Balaban J connectivity index is 1.74. The Hall–Kier alpha value is -2.23. The first-order chi connectivity index (χ1) is 15.5. The zero-order valence-corrected chi connectivity index (χ0v) is 18.7.